The van der Waals surface area contributed by atoms with Gasteiger partial charge in [-0.2, -0.15) is 0 Å². The van der Waals surface area contributed by atoms with Crippen molar-refractivity contribution in [1.29, 1.82) is 0 Å². The molecule has 0 rings (SSSR count). The summed E-state index contributed by atoms with van der Waals surface area (Å²) < 4.78 is 34.5. The summed E-state index contributed by atoms with van der Waals surface area (Å²) >= 11 is -6.00. The summed E-state index contributed by atoms with van der Waals surface area (Å²) in [5.41, 5.74) is 0. The van der Waals surface area contributed by atoms with Gasteiger partial charge in [0.15, 0.2) is 0 Å². The normalized spacial score (nSPS) is 10.0. The summed E-state index contributed by atoms with van der Waals surface area (Å²) in [5, 5.41) is 0. The number of hydrogen-bond donors (Lipinski definition) is 0. The van der Waals surface area contributed by atoms with Crippen LogP contribution in [-0.4, -0.2) is 0 Å². The van der Waals surface area contributed by atoms with E-state index in [4.69, 9.17) is 14.8 Å². The van der Waals surface area contributed by atoms with Crippen molar-refractivity contribution >= 4 is 0 Å². The predicted molar refractivity (Wildman–Crippen MR) is 0 cm³/mol. The first kappa shape index (κ1) is 10.6. The van der Waals surface area contributed by atoms with Gasteiger partial charge in [0.05, 0.1) is 0 Å². The maximum atomic E-state index is 8.62. The fraction of sp³-hybridized carbons (Fsp3) is 0. The molecule has 0 aliphatic carbocycles. The summed E-state index contributed by atoms with van der Waals surface area (Å²) in [6.07, 6.45) is 0. The minimum atomic E-state index is -6.00. The Morgan fingerprint density at radius 2 is 0.833 bits per heavy atom. The molecule has 0 aliphatic heterocycles. The van der Waals surface area contributed by atoms with E-state index in [9.17, 15) is 0 Å². The Bertz CT molecular complexity index is 23.0. The van der Waals surface area contributed by atoms with Crippen molar-refractivity contribution in [3.8, 4) is 0 Å². The molecule has 0 aromatic rings. The van der Waals surface area contributed by atoms with E-state index in [1.807, 2.05) is 0 Å². The molecule has 0 fully saturated rings. The molecule has 32 valence electrons. The number of rotatable bonds is 0. The molecule has 0 atom stereocenters. The van der Waals surface area contributed by atoms with Crippen LogP contribution in [0.25, 0.3) is 0 Å². The molecular formula is O4TiU. The first-order valence-corrected chi connectivity index (χ1v) is 3.37. The predicted octanol–water partition coefficient (Wildman–Crippen LogP) is -4.76. The maximum absolute atomic E-state index is 8.62. The fourth-order valence-corrected chi connectivity index (χ4v) is 0. The molecule has 4 nitrogen and oxygen atoms in total. The molecule has 0 radical (unpaired) electrons. The van der Waals surface area contributed by atoms with Crippen LogP contribution in [-0.2, 0) is 18.1 Å². The zero-order valence-corrected chi connectivity index (χ0v) is 8.36. The molecule has 0 N–H and O–H groups in total. The molecule has 0 spiro atoms. The van der Waals surface area contributed by atoms with Crippen LogP contribution >= 0.6 is 0 Å². The van der Waals surface area contributed by atoms with Crippen molar-refractivity contribution in [3.05, 3.63) is 0 Å². The van der Waals surface area contributed by atoms with Crippen molar-refractivity contribution in [2.24, 2.45) is 0 Å². The molecule has 0 saturated carbocycles. The van der Waals surface area contributed by atoms with E-state index < -0.39 is 18.1 Å². The molecule has 6 heteroatoms. The van der Waals surface area contributed by atoms with Crippen molar-refractivity contribution in [1.82, 2.24) is 0 Å². The van der Waals surface area contributed by atoms with Crippen LogP contribution in [0.1, 0.15) is 0 Å². The Kier molecular flexibility index (Phi) is 6.32. The van der Waals surface area contributed by atoms with Gasteiger partial charge < -0.3 is 0 Å². The van der Waals surface area contributed by atoms with Gasteiger partial charge in [0.25, 0.3) is 0 Å². The third-order valence-corrected chi connectivity index (χ3v) is 0. The van der Waals surface area contributed by atoms with Crippen LogP contribution in [0.2, 0.25) is 0 Å². The van der Waals surface area contributed by atoms with Gasteiger partial charge in [-0.05, 0) is 0 Å². The van der Waals surface area contributed by atoms with Gasteiger partial charge in [-0.3, -0.25) is 0 Å². The molecule has 0 aromatic carbocycles. The Morgan fingerprint density at radius 3 is 0.833 bits per heavy atom. The van der Waals surface area contributed by atoms with E-state index in [-0.39, 0.29) is 31.1 Å². The van der Waals surface area contributed by atoms with Gasteiger partial charge in [-0.25, -0.2) is 0 Å². The first-order chi connectivity index (χ1) is 2.00. The Morgan fingerprint density at radius 1 is 0.833 bits per heavy atom. The zero-order valence-electron chi connectivity index (χ0n) is 2.63. The Labute approximate surface area is 63.4 Å². The average Bonchev–Trinajstić information content (AvgIpc) is 0.722. The SMILES string of the molecule is [O-][Ti]([O-])([O-])[O-].[U+4]. The molecular weight excluding hydrogens is 350 g/mol. The smallest absolute Gasteiger partial charge is 4.00 e. The second-order valence-electron chi connectivity index (χ2n) is 0.500. The van der Waals surface area contributed by atoms with E-state index in [1.54, 1.807) is 0 Å². The van der Waals surface area contributed by atoms with E-state index >= 15 is 0 Å². The quantitative estimate of drug-likeness (QED) is 0.410. The first-order valence-electron chi connectivity index (χ1n) is 0.816. The molecule has 0 bridgehead atoms. The fourth-order valence-electron chi connectivity index (χ4n) is 0. The van der Waals surface area contributed by atoms with Crippen LogP contribution in [0.15, 0.2) is 0 Å². The Hall–Kier alpha value is 1.61. The van der Waals surface area contributed by atoms with Crippen LogP contribution in [0.4, 0.5) is 0 Å². The molecule has 6 heavy (non-hydrogen) atoms. The summed E-state index contributed by atoms with van der Waals surface area (Å²) in [5.74, 6) is 0. The van der Waals surface area contributed by atoms with Gasteiger partial charge in [-0.15, -0.1) is 0 Å². The van der Waals surface area contributed by atoms with E-state index in [0.717, 1.165) is 0 Å². The van der Waals surface area contributed by atoms with E-state index in [2.05, 4.69) is 0 Å². The van der Waals surface area contributed by atoms with E-state index in [0.29, 0.717) is 0 Å². The molecule has 0 amide bonds. The molecule has 0 aliphatic rings. The van der Waals surface area contributed by atoms with Crippen molar-refractivity contribution in [3.63, 3.8) is 0 Å². The minimum Gasteiger partial charge on any atom is 4.00 e. The van der Waals surface area contributed by atoms with Crippen LogP contribution in [0.3, 0.4) is 0 Å². The Balaban J connectivity index is 0. The standard InChI is InChI=1S/4O.Ti.U/q4*-1;;+4. The summed E-state index contributed by atoms with van der Waals surface area (Å²) in [4.78, 5) is 0. The van der Waals surface area contributed by atoms with Gasteiger partial charge in [0.1, 0.15) is 0 Å². The summed E-state index contributed by atoms with van der Waals surface area (Å²) in [7, 11) is 0. The topological polar surface area (TPSA) is 92.2 Å². The zero-order chi connectivity index (χ0) is 4.50. The number of hydrogen-bond acceptors (Lipinski definition) is 4. The molecule has 0 aromatic heterocycles. The molecule has 0 saturated heterocycles. The van der Waals surface area contributed by atoms with Crippen molar-refractivity contribution in [2.75, 3.05) is 0 Å². The van der Waals surface area contributed by atoms with Crippen LogP contribution < -0.4 is 14.8 Å². The van der Waals surface area contributed by atoms with Crippen molar-refractivity contribution < 1.29 is 64.0 Å². The van der Waals surface area contributed by atoms with E-state index in [1.165, 1.54) is 0 Å². The summed E-state index contributed by atoms with van der Waals surface area (Å²) in [6.45, 7) is 0. The third-order valence-electron chi connectivity index (χ3n) is 0. The average molecular weight is 350 g/mol. The van der Waals surface area contributed by atoms with Crippen LogP contribution in [0.5, 0.6) is 0 Å². The molecule has 0 heterocycles. The van der Waals surface area contributed by atoms with Gasteiger partial charge in [-0.1, -0.05) is 0 Å². The third kappa shape index (κ3) is 46.1. The summed E-state index contributed by atoms with van der Waals surface area (Å²) in [6, 6.07) is 0. The minimum absolute atomic E-state index is 0. The van der Waals surface area contributed by atoms with Crippen LogP contribution in [0, 0.1) is 31.1 Å². The van der Waals surface area contributed by atoms with Gasteiger partial charge in [0, 0.05) is 0 Å². The van der Waals surface area contributed by atoms with Gasteiger partial charge in [0.2, 0.25) is 0 Å². The van der Waals surface area contributed by atoms with Gasteiger partial charge >= 0.3 is 64.0 Å². The van der Waals surface area contributed by atoms with Crippen molar-refractivity contribution in [2.45, 2.75) is 0 Å². The maximum Gasteiger partial charge on any atom is 4.00 e. The second-order valence-corrected chi connectivity index (χ2v) is 2.06. The molecule has 0 unspecified atom stereocenters. The monoisotopic (exact) mass is 350 g/mol. The second kappa shape index (κ2) is 3.59. The largest absolute Gasteiger partial charge is 4.00 e.